The predicted molar refractivity (Wildman–Crippen MR) is 87.8 cm³/mol. The van der Waals surface area contributed by atoms with Gasteiger partial charge in [0.05, 0.1) is 0 Å². The van der Waals surface area contributed by atoms with Gasteiger partial charge in [-0.2, -0.15) is 0 Å². The maximum Gasteiger partial charge on any atom is 0.251 e. The summed E-state index contributed by atoms with van der Waals surface area (Å²) in [5.74, 6) is -0.00268. The molecular formula is C17H27N3O. The Balaban J connectivity index is 1.89. The molecule has 0 aliphatic carbocycles. The minimum Gasteiger partial charge on any atom is -0.382 e. The van der Waals surface area contributed by atoms with Crippen molar-refractivity contribution in [2.75, 3.05) is 31.5 Å². The lowest BCUT2D eigenvalue weighted by Gasteiger charge is -2.19. The highest BCUT2D eigenvalue weighted by Crippen LogP contribution is 2.17. The van der Waals surface area contributed by atoms with E-state index in [4.69, 9.17) is 0 Å². The number of likely N-dealkylation sites (tertiary alicyclic amines) is 1. The lowest BCUT2D eigenvalue weighted by Crippen LogP contribution is -2.26. The second-order valence-corrected chi connectivity index (χ2v) is 5.64. The smallest absolute Gasteiger partial charge is 0.251 e. The molecule has 2 N–H and O–H groups in total. The lowest BCUT2D eigenvalue weighted by atomic mass is 10.1. The Hall–Kier alpha value is -1.55. The van der Waals surface area contributed by atoms with Crippen LogP contribution in [-0.4, -0.2) is 43.0 Å². The van der Waals surface area contributed by atoms with Crippen molar-refractivity contribution in [2.24, 2.45) is 0 Å². The van der Waals surface area contributed by atoms with Crippen LogP contribution in [0.5, 0.6) is 0 Å². The van der Waals surface area contributed by atoms with E-state index in [1.165, 1.54) is 32.4 Å². The topological polar surface area (TPSA) is 44.4 Å². The molecule has 1 aliphatic rings. The summed E-state index contributed by atoms with van der Waals surface area (Å²) in [6.07, 6.45) is 3.66. The van der Waals surface area contributed by atoms with Gasteiger partial charge in [0.1, 0.15) is 0 Å². The summed E-state index contributed by atoms with van der Waals surface area (Å²) >= 11 is 0. The van der Waals surface area contributed by atoms with Gasteiger partial charge in [0, 0.05) is 30.4 Å². The third kappa shape index (κ3) is 4.74. The number of carbonyl (C=O) groups excluding carboxylic acids is 1. The summed E-state index contributed by atoms with van der Waals surface area (Å²) in [7, 11) is 0. The zero-order chi connectivity index (χ0) is 15.1. The van der Waals surface area contributed by atoms with Gasteiger partial charge in [-0.3, -0.25) is 4.79 Å². The highest BCUT2D eigenvalue weighted by Gasteiger charge is 2.15. The summed E-state index contributed by atoms with van der Waals surface area (Å²) in [5.41, 5.74) is 1.83. The molecule has 1 heterocycles. The minimum absolute atomic E-state index is 0.00268. The zero-order valence-electron chi connectivity index (χ0n) is 13.2. The van der Waals surface area contributed by atoms with Crippen LogP contribution in [0.25, 0.3) is 0 Å². The van der Waals surface area contributed by atoms with Gasteiger partial charge in [0.25, 0.3) is 5.91 Å². The molecule has 0 bridgehead atoms. The Morgan fingerprint density at radius 2 is 1.95 bits per heavy atom. The van der Waals surface area contributed by atoms with Crippen molar-refractivity contribution in [2.45, 2.75) is 39.2 Å². The second kappa shape index (κ2) is 8.03. The normalized spacial score (nSPS) is 19.8. The van der Waals surface area contributed by atoms with Gasteiger partial charge in [-0.05, 0) is 63.5 Å². The quantitative estimate of drug-likeness (QED) is 0.876. The molecule has 4 heteroatoms. The fourth-order valence-electron chi connectivity index (χ4n) is 2.83. The third-order valence-corrected chi connectivity index (χ3v) is 4.12. The number of nitrogens with zero attached hydrogens (tertiary/aromatic N) is 1. The summed E-state index contributed by atoms with van der Waals surface area (Å²) in [5, 5.41) is 6.42. The van der Waals surface area contributed by atoms with E-state index in [1.807, 2.05) is 31.2 Å². The largest absolute Gasteiger partial charge is 0.382 e. The van der Waals surface area contributed by atoms with E-state index < -0.39 is 0 Å². The van der Waals surface area contributed by atoms with Crippen molar-refractivity contribution >= 4 is 11.6 Å². The van der Waals surface area contributed by atoms with Gasteiger partial charge < -0.3 is 15.5 Å². The third-order valence-electron chi connectivity index (χ3n) is 4.12. The molecule has 1 amide bonds. The molecule has 1 aromatic carbocycles. The Bertz CT molecular complexity index is 444. The molecule has 4 nitrogen and oxygen atoms in total. The molecule has 1 saturated heterocycles. The van der Waals surface area contributed by atoms with Crippen molar-refractivity contribution in [3.63, 3.8) is 0 Å². The van der Waals surface area contributed by atoms with E-state index in [0.29, 0.717) is 12.6 Å². The fraction of sp³-hybridized carbons (Fsp3) is 0.588. The van der Waals surface area contributed by atoms with Crippen molar-refractivity contribution in [1.82, 2.24) is 10.2 Å². The zero-order valence-corrected chi connectivity index (χ0v) is 13.2. The SMILES string of the molecule is CCNC(=O)c1ccc(NC2CCCN(CC)CC2)cc1. The summed E-state index contributed by atoms with van der Waals surface area (Å²) in [6.45, 7) is 8.35. The molecule has 1 aromatic rings. The number of amides is 1. The number of nitrogens with one attached hydrogen (secondary N) is 2. The van der Waals surface area contributed by atoms with Crippen LogP contribution in [0.2, 0.25) is 0 Å². The molecule has 116 valence electrons. The molecule has 0 saturated carbocycles. The summed E-state index contributed by atoms with van der Waals surface area (Å²) < 4.78 is 0. The molecule has 1 atom stereocenters. The maximum absolute atomic E-state index is 11.7. The molecule has 0 spiro atoms. The Morgan fingerprint density at radius 1 is 1.19 bits per heavy atom. The van der Waals surface area contributed by atoms with Gasteiger partial charge >= 0.3 is 0 Å². The fourth-order valence-corrected chi connectivity index (χ4v) is 2.83. The van der Waals surface area contributed by atoms with Crippen LogP contribution in [0.1, 0.15) is 43.5 Å². The Labute approximate surface area is 127 Å². The summed E-state index contributed by atoms with van der Waals surface area (Å²) in [6, 6.07) is 8.34. The number of rotatable bonds is 5. The van der Waals surface area contributed by atoms with E-state index in [0.717, 1.165) is 17.8 Å². The van der Waals surface area contributed by atoms with Gasteiger partial charge in [-0.1, -0.05) is 6.92 Å². The maximum atomic E-state index is 11.7. The van der Waals surface area contributed by atoms with Crippen molar-refractivity contribution in [3.05, 3.63) is 29.8 Å². The molecular weight excluding hydrogens is 262 g/mol. The van der Waals surface area contributed by atoms with E-state index in [-0.39, 0.29) is 5.91 Å². The molecule has 1 aliphatic heterocycles. The molecule has 1 fully saturated rings. The Morgan fingerprint density at radius 3 is 2.62 bits per heavy atom. The average Bonchev–Trinajstić information content (AvgIpc) is 2.73. The monoisotopic (exact) mass is 289 g/mol. The summed E-state index contributed by atoms with van der Waals surface area (Å²) in [4.78, 5) is 14.2. The second-order valence-electron chi connectivity index (χ2n) is 5.64. The van der Waals surface area contributed by atoms with Gasteiger partial charge in [-0.25, -0.2) is 0 Å². The van der Waals surface area contributed by atoms with Crippen LogP contribution in [0.3, 0.4) is 0 Å². The number of benzene rings is 1. The molecule has 0 aromatic heterocycles. The van der Waals surface area contributed by atoms with Gasteiger partial charge in [-0.15, -0.1) is 0 Å². The van der Waals surface area contributed by atoms with E-state index in [9.17, 15) is 4.79 Å². The van der Waals surface area contributed by atoms with Gasteiger partial charge in [0.15, 0.2) is 0 Å². The van der Waals surface area contributed by atoms with Crippen LogP contribution in [0.15, 0.2) is 24.3 Å². The number of anilines is 1. The first kappa shape index (κ1) is 15.8. The van der Waals surface area contributed by atoms with E-state index in [2.05, 4.69) is 22.5 Å². The first-order valence-electron chi connectivity index (χ1n) is 8.10. The van der Waals surface area contributed by atoms with Crippen LogP contribution in [0.4, 0.5) is 5.69 Å². The van der Waals surface area contributed by atoms with Crippen molar-refractivity contribution < 1.29 is 4.79 Å². The van der Waals surface area contributed by atoms with Crippen LogP contribution in [-0.2, 0) is 0 Å². The lowest BCUT2D eigenvalue weighted by molar-refractivity contribution is 0.0956. The molecule has 0 radical (unpaired) electrons. The molecule has 1 unspecified atom stereocenters. The first-order chi connectivity index (χ1) is 10.2. The average molecular weight is 289 g/mol. The van der Waals surface area contributed by atoms with Crippen LogP contribution >= 0.6 is 0 Å². The van der Waals surface area contributed by atoms with Crippen molar-refractivity contribution in [3.8, 4) is 0 Å². The molecule has 2 rings (SSSR count). The number of hydrogen-bond acceptors (Lipinski definition) is 3. The Kier molecular flexibility index (Phi) is 6.05. The standard InChI is InChI=1S/C17H27N3O/c1-3-18-17(21)14-7-9-16(10-8-14)19-15-6-5-12-20(4-2)13-11-15/h7-10,15,19H,3-6,11-13H2,1-2H3,(H,18,21). The van der Waals surface area contributed by atoms with E-state index >= 15 is 0 Å². The highest BCUT2D eigenvalue weighted by atomic mass is 16.1. The van der Waals surface area contributed by atoms with E-state index in [1.54, 1.807) is 0 Å². The minimum atomic E-state index is -0.00268. The van der Waals surface area contributed by atoms with Gasteiger partial charge in [0.2, 0.25) is 0 Å². The highest BCUT2D eigenvalue weighted by molar-refractivity contribution is 5.94. The van der Waals surface area contributed by atoms with Crippen molar-refractivity contribution in [1.29, 1.82) is 0 Å². The number of hydrogen-bond donors (Lipinski definition) is 2. The van der Waals surface area contributed by atoms with Crippen LogP contribution in [0, 0.1) is 0 Å². The molecule has 21 heavy (non-hydrogen) atoms. The number of carbonyl (C=O) groups is 1. The first-order valence-corrected chi connectivity index (χ1v) is 8.10. The van der Waals surface area contributed by atoms with Crippen LogP contribution < -0.4 is 10.6 Å². The predicted octanol–water partition coefficient (Wildman–Crippen LogP) is 2.72.